The van der Waals surface area contributed by atoms with Gasteiger partial charge in [-0.1, -0.05) is 38.1 Å². The number of nitrogens with one attached hydrogen (secondary N) is 1. The Balaban J connectivity index is 3.26. The van der Waals surface area contributed by atoms with E-state index in [1.54, 1.807) is 13.8 Å². The highest BCUT2D eigenvalue weighted by molar-refractivity contribution is 6.08. The Morgan fingerprint density at radius 2 is 1.50 bits per heavy atom. The Bertz CT molecular complexity index is 606. The van der Waals surface area contributed by atoms with Crippen molar-refractivity contribution in [1.29, 1.82) is 0 Å². The zero-order valence-corrected chi connectivity index (χ0v) is 16.3. The molecule has 1 amide bonds. The molecule has 0 aliphatic rings. The maximum atomic E-state index is 12.6. The summed E-state index contributed by atoms with van der Waals surface area (Å²) in [7, 11) is 0. The minimum atomic E-state index is -1.89. The number of hydrogen-bond acceptors (Lipinski definition) is 5. The third-order valence-electron chi connectivity index (χ3n) is 4.27. The first-order chi connectivity index (χ1) is 12.3. The van der Waals surface area contributed by atoms with E-state index in [0.29, 0.717) is 5.92 Å². The van der Waals surface area contributed by atoms with E-state index in [9.17, 15) is 14.4 Å². The van der Waals surface area contributed by atoms with Gasteiger partial charge in [0.15, 0.2) is 0 Å². The largest absolute Gasteiger partial charge is 0.464 e. The average molecular weight is 363 g/mol. The number of rotatable bonds is 9. The van der Waals surface area contributed by atoms with E-state index in [0.717, 1.165) is 12.0 Å². The minimum Gasteiger partial charge on any atom is -0.464 e. The molecule has 1 aromatic carbocycles. The van der Waals surface area contributed by atoms with Crippen LogP contribution in [-0.4, -0.2) is 36.6 Å². The van der Waals surface area contributed by atoms with E-state index < -0.39 is 23.4 Å². The monoisotopic (exact) mass is 363 g/mol. The summed E-state index contributed by atoms with van der Waals surface area (Å²) in [5.74, 6) is -1.74. The van der Waals surface area contributed by atoms with Crippen LogP contribution in [0.3, 0.4) is 0 Å². The number of carbonyl (C=O) groups excluding carboxylic acids is 3. The van der Waals surface area contributed by atoms with Crippen molar-refractivity contribution in [1.82, 2.24) is 5.32 Å². The Morgan fingerprint density at radius 3 is 1.88 bits per heavy atom. The zero-order chi connectivity index (χ0) is 19.7. The maximum Gasteiger partial charge on any atom is 0.344 e. The van der Waals surface area contributed by atoms with Gasteiger partial charge in [0, 0.05) is 13.3 Å². The Labute approximate surface area is 155 Å². The average Bonchev–Trinajstić information content (AvgIpc) is 2.61. The van der Waals surface area contributed by atoms with E-state index in [2.05, 4.69) is 19.2 Å². The van der Waals surface area contributed by atoms with Gasteiger partial charge in [-0.25, -0.2) is 9.59 Å². The molecule has 0 radical (unpaired) electrons. The Hall–Kier alpha value is -2.37. The lowest BCUT2D eigenvalue weighted by atomic mass is 9.89. The summed E-state index contributed by atoms with van der Waals surface area (Å²) in [5, 5.41) is 2.47. The first-order valence-electron chi connectivity index (χ1n) is 9.02. The summed E-state index contributed by atoms with van der Waals surface area (Å²) in [5.41, 5.74) is 0.0102. The number of carbonyl (C=O) groups is 3. The molecule has 0 heterocycles. The van der Waals surface area contributed by atoms with E-state index in [-0.39, 0.29) is 19.6 Å². The van der Waals surface area contributed by atoms with Crippen LogP contribution in [0.4, 0.5) is 0 Å². The second kappa shape index (κ2) is 9.94. The molecule has 0 fully saturated rings. The van der Waals surface area contributed by atoms with E-state index in [1.165, 1.54) is 12.5 Å². The van der Waals surface area contributed by atoms with Crippen LogP contribution in [-0.2, 0) is 30.3 Å². The molecule has 0 aliphatic carbocycles. The summed E-state index contributed by atoms with van der Waals surface area (Å²) < 4.78 is 10.1. The topological polar surface area (TPSA) is 81.7 Å². The van der Waals surface area contributed by atoms with Gasteiger partial charge in [-0.15, -0.1) is 0 Å². The first kappa shape index (κ1) is 21.7. The normalized spacial score (nSPS) is 12.2. The summed E-state index contributed by atoms with van der Waals surface area (Å²) in [6, 6.07) is 7.66. The van der Waals surface area contributed by atoms with Gasteiger partial charge in [0.05, 0.1) is 13.2 Å². The van der Waals surface area contributed by atoms with Crippen molar-refractivity contribution in [3.05, 3.63) is 35.4 Å². The van der Waals surface area contributed by atoms with E-state index in [1.807, 2.05) is 24.3 Å². The van der Waals surface area contributed by atoms with Crippen molar-refractivity contribution in [3.8, 4) is 0 Å². The summed E-state index contributed by atoms with van der Waals surface area (Å²) >= 11 is 0. The summed E-state index contributed by atoms with van der Waals surface area (Å²) in [4.78, 5) is 36.9. The third kappa shape index (κ3) is 5.31. The molecule has 1 unspecified atom stereocenters. The number of benzene rings is 1. The predicted octanol–water partition coefficient (Wildman–Crippen LogP) is 2.74. The molecule has 144 valence electrons. The van der Waals surface area contributed by atoms with Gasteiger partial charge in [0.1, 0.15) is 0 Å². The molecule has 1 aromatic rings. The Kier molecular flexibility index (Phi) is 8.29. The van der Waals surface area contributed by atoms with Crippen LogP contribution >= 0.6 is 0 Å². The van der Waals surface area contributed by atoms with Crippen molar-refractivity contribution in [3.63, 3.8) is 0 Å². The molecule has 0 bridgehead atoms. The highest BCUT2D eigenvalue weighted by atomic mass is 16.6. The van der Waals surface area contributed by atoms with Crippen molar-refractivity contribution >= 4 is 17.8 Å². The van der Waals surface area contributed by atoms with Gasteiger partial charge in [-0.05, 0) is 37.3 Å². The number of esters is 2. The fraction of sp³-hybridized carbons (Fsp3) is 0.550. The van der Waals surface area contributed by atoms with Crippen LogP contribution in [0.25, 0.3) is 0 Å². The van der Waals surface area contributed by atoms with Crippen LogP contribution in [0.15, 0.2) is 24.3 Å². The maximum absolute atomic E-state index is 12.6. The van der Waals surface area contributed by atoms with Gasteiger partial charge in [-0.3, -0.25) is 4.79 Å². The lowest BCUT2D eigenvalue weighted by Gasteiger charge is -2.29. The molecule has 0 spiro atoms. The molecular weight excluding hydrogens is 334 g/mol. The van der Waals surface area contributed by atoms with Gasteiger partial charge in [0.25, 0.3) is 0 Å². The van der Waals surface area contributed by atoms with E-state index in [4.69, 9.17) is 9.47 Å². The molecular formula is C20H29NO5. The lowest BCUT2D eigenvalue weighted by Crippen LogP contribution is -2.62. The van der Waals surface area contributed by atoms with Gasteiger partial charge >= 0.3 is 11.9 Å². The first-order valence-corrected chi connectivity index (χ1v) is 9.02. The second-order valence-corrected chi connectivity index (χ2v) is 6.26. The molecule has 0 saturated carbocycles. The van der Waals surface area contributed by atoms with Crippen molar-refractivity contribution in [2.24, 2.45) is 0 Å². The SMILES string of the molecule is CCOC(=O)C(Cc1ccc(C(C)CC)cc1)(NC(C)=O)C(=O)OCC. The van der Waals surface area contributed by atoms with Gasteiger partial charge < -0.3 is 14.8 Å². The quantitative estimate of drug-likeness (QED) is 0.539. The van der Waals surface area contributed by atoms with Gasteiger partial charge in [-0.2, -0.15) is 0 Å². The zero-order valence-electron chi connectivity index (χ0n) is 16.3. The van der Waals surface area contributed by atoms with Gasteiger partial charge in [0.2, 0.25) is 11.4 Å². The predicted molar refractivity (Wildman–Crippen MR) is 98.7 cm³/mol. The molecule has 1 rings (SSSR count). The van der Waals surface area contributed by atoms with Crippen LogP contribution in [0.1, 0.15) is 58.1 Å². The molecule has 1 N–H and O–H groups in total. The standard InChI is InChI=1S/C20H29NO5/c1-6-14(4)17-11-9-16(10-12-17)13-20(21-15(5)22,18(23)25-7-2)19(24)26-8-3/h9-12,14H,6-8,13H2,1-5H3,(H,21,22). The molecule has 26 heavy (non-hydrogen) atoms. The van der Waals surface area contributed by atoms with Crippen LogP contribution < -0.4 is 5.32 Å². The fourth-order valence-corrected chi connectivity index (χ4v) is 2.69. The highest BCUT2D eigenvalue weighted by Crippen LogP contribution is 2.23. The molecule has 6 nitrogen and oxygen atoms in total. The van der Waals surface area contributed by atoms with E-state index >= 15 is 0 Å². The highest BCUT2D eigenvalue weighted by Gasteiger charge is 2.50. The Morgan fingerprint density at radius 1 is 1.00 bits per heavy atom. The summed E-state index contributed by atoms with van der Waals surface area (Å²) in [6.07, 6.45) is 0.978. The smallest absolute Gasteiger partial charge is 0.344 e. The number of hydrogen-bond donors (Lipinski definition) is 1. The molecule has 1 atom stereocenters. The molecule has 0 saturated heterocycles. The van der Waals surface area contributed by atoms with Crippen LogP contribution in [0.5, 0.6) is 0 Å². The minimum absolute atomic E-state index is 0.0367. The van der Waals surface area contributed by atoms with Crippen LogP contribution in [0, 0.1) is 0 Å². The molecule has 0 aliphatic heterocycles. The molecule has 0 aromatic heterocycles. The second-order valence-electron chi connectivity index (χ2n) is 6.26. The number of amides is 1. The lowest BCUT2D eigenvalue weighted by molar-refractivity contribution is -0.168. The van der Waals surface area contributed by atoms with Crippen LogP contribution in [0.2, 0.25) is 0 Å². The van der Waals surface area contributed by atoms with Crippen molar-refractivity contribution in [2.45, 2.75) is 58.9 Å². The van der Waals surface area contributed by atoms with Crippen molar-refractivity contribution in [2.75, 3.05) is 13.2 Å². The van der Waals surface area contributed by atoms with Crippen molar-refractivity contribution < 1.29 is 23.9 Å². The third-order valence-corrected chi connectivity index (χ3v) is 4.27. The number of ether oxygens (including phenoxy) is 2. The summed E-state index contributed by atoms with van der Waals surface area (Å²) in [6.45, 7) is 8.96. The fourth-order valence-electron chi connectivity index (χ4n) is 2.69. The molecule has 6 heteroatoms.